The van der Waals surface area contributed by atoms with E-state index in [0.29, 0.717) is 4.90 Å². The first kappa shape index (κ1) is 16.9. The van der Waals surface area contributed by atoms with Crippen LogP contribution in [0.25, 0.3) is 0 Å². The molecular formula is C16H19NO3S2. The number of aryl methyl sites for hydroxylation is 1. The molecule has 0 aliphatic carbocycles. The maximum Gasteiger partial charge on any atom is 0.215 e. The van der Waals surface area contributed by atoms with Crippen LogP contribution < -0.4 is 4.72 Å². The lowest BCUT2D eigenvalue weighted by Crippen LogP contribution is -2.29. The molecular weight excluding hydrogens is 318 g/mol. The molecule has 6 heteroatoms. The van der Waals surface area contributed by atoms with Gasteiger partial charge in [0.2, 0.25) is 10.0 Å². The van der Waals surface area contributed by atoms with Gasteiger partial charge in [-0.05, 0) is 24.6 Å². The molecule has 0 aliphatic heterocycles. The van der Waals surface area contributed by atoms with Crippen molar-refractivity contribution in [2.45, 2.75) is 17.6 Å². The van der Waals surface area contributed by atoms with Crippen LogP contribution in [0, 0.1) is 6.92 Å². The first-order chi connectivity index (χ1) is 10.5. The Balaban J connectivity index is 1.86. The predicted octanol–water partition coefficient (Wildman–Crippen LogP) is 2.22. The summed E-state index contributed by atoms with van der Waals surface area (Å²) in [5.74, 6) is 0.198. The number of hydrogen-bond acceptors (Lipinski definition) is 3. The lowest BCUT2D eigenvalue weighted by atomic mass is 10.2. The van der Waals surface area contributed by atoms with Crippen molar-refractivity contribution in [2.24, 2.45) is 0 Å². The van der Waals surface area contributed by atoms with Gasteiger partial charge in [-0.15, -0.1) is 0 Å². The average molecular weight is 337 g/mol. The standard InChI is InChI=1S/C16H19NO3S2/c1-14-6-5-7-15(12-14)13-22(19,20)17-10-11-21(18)16-8-3-2-4-9-16/h2-9,12,17H,10-11,13H2,1H3/t21-/m0/s1. The van der Waals surface area contributed by atoms with E-state index in [9.17, 15) is 12.6 Å². The largest absolute Gasteiger partial charge is 0.254 e. The van der Waals surface area contributed by atoms with Crippen molar-refractivity contribution in [3.05, 3.63) is 65.7 Å². The van der Waals surface area contributed by atoms with Crippen LogP contribution in [-0.4, -0.2) is 24.9 Å². The second-order valence-electron chi connectivity index (χ2n) is 5.01. The van der Waals surface area contributed by atoms with Gasteiger partial charge in [-0.2, -0.15) is 0 Å². The number of rotatable bonds is 7. The molecule has 0 bridgehead atoms. The molecule has 4 nitrogen and oxygen atoms in total. The zero-order valence-corrected chi connectivity index (χ0v) is 14.0. The van der Waals surface area contributed by atoms with Crippen molar-refractivity contribution < 1.29 is 12.6 Å². The molecule has 0 aromatic heterocycles. The summed E-state index contributed by atoms with van der Waals surface area (Å²) in [7, 11) is -4.61. The van der Waals surface area contributed by atoms with Crippen LogP contribution in [0.1, 0.15) is 11.1 Å². The van der Waals surface area contributed by atoms with Gasteiger partial charge in [0.25, 0.3) is 0 Å². The number of benzene rings is 2. The lowest BCUT2D eigenvalue weighted by molar-refractivity contribution is 0.583. The summed E-state index contributed by atoms with van der Waals surface area (Å²) >= 11 is 0. The second-order valence-corrected chi connectivity index (χ2v) is 8.38. The van der Waals surface area contributed by atoms with E-state index in [4.69, 9.17) is 0 Å². The second kappa shape index (κ2) is 7.67. The van der Waals surface area contributed by atoms with E-state index in [1.54, 1.807) is 18.2 Å². The molecule has 1 N–H and O–H groups in total. The first-order valence-electron chi connectivity index (χ1n) is 6.92. The van der Waals surface area contributed by atoms with Crippen molar-refractivity contribution in [3.8, 4) is 0 Å². The van der Waals surface area contributed by atoms with Crippen LogP contribution in [0.4, 0.5) is 0 Å². The Morgan fingerprint density at radius 3 is 2.45 bits per heavy atom. The minimum atomic E-state index is -3.41. The van der Waals surface area contributed by atoms with E-state index in [2.05, 4.69) is 4.72 Å². The molecule has 0 aliphatic rings. The minimum absolute atomic E-state index is 0.0628. The molecule has 0 saturated heterocycles. The first-order valence-corrected chi connectivity index (χ1v) is 9.90. The van der Waals surface area contributed by atoms with Crippen LogP contribution >= 0.6 is 0 Å². The SMILES string of the molecule is Cc1cccc(CS(=O)(=O)NCC[S@](=O)c2ccccc2)c1. The molecule has 0 spiro atoms. The molecule has 2 aromatic carbocycles. The zero-order valence-electron chi connectivity index (χ0n) is 12.4. The maximum atomic E-state index is 12.0. The van der Waals surface area contributed by atoms with Gasteiger partial charge in [-0.3, -0.25) is 4.21 Å². The highest BCUT2D eigenvalue weighted by molar-refractivity contribution is 7.88. The molecule has 2 aromatic rings. The van der Waals surface area contributed by atoms with Crippen molar-refractivity contribution in [3.63, 3.8) is 0 Å². The van der Waals surface area contributed by atoms with Crippen LogP contribution in [0.2, 0.25) is 0 Å². The third-order valence-corrected chi connectivity index (χ3v) is 5.78. The van der Waals surface area contributed by atoms with E-state index in [-0.39, 0.29) is 18.1 Å². The molecule has 2 rings (SSSR count). The molecule has 0 heterocycles. The van der Waals surface area contributed by atoms with Gasteiger partial charge in [0.05, 0.1) is 16.6 Å². The number of nitrogens with one attached hydrogen (secondary N) is 1. The van der Waals surface area contributed by atoms with Gasteiger partial charge in [-0.25, -0.2) is 13.1 Å². The topological polar surface area (TPSA) is 63.2 Å². The van der Waals surface area contributed by atoms with Crippen molar-refractivity contribution >= 4 is 20.8 Å². The molecule has 22 heavy (non-hydrogen) atoms. The summed E-state index contributed by atoms with van der Waals surface area (Å²) in [6, 6.07) is 16.4. The summed E-state index contributed by atoms with van der Waals surface area (Å²) in [4.78, 5) is 0.709. The van der Waals surface area contributed by atoms with Crippen molar-refractivity contribution in [1.82, 2.24) is 4.72 Å². The summed E-state index contributed by atoms with van der Waals surface area (Å²) in [6.45, 7) is 2.09. The van der Waals surface area contributed by atoms with Gasteiger partial charge in [0, 0.05) is 17.2 Å². The van der Waals surface area contributed by atoms with E-state index in [0.717, 1.165) is 11.1 Å². The minimum Gasteiger partial charge on any atom is -0.254 e. The van der Waals surface area contributed by atoms with Gasteiger partial charge in [0.15, 0.2) is 0 Å². The summed E-state index contributed by atoms with van der Waals surface area (Å²) in [5, 5.41) is 0. The fourth-order valence-corrected chi connectivity index (χ4v) is 4.30. The highest BCUT2D eigenvalue weighted by atomic mass is 32.2. The highest BCUT2D eigenvalue weighted by Crippen LogP contribution is 2.08. The van der Waals surface area contributed by atoms with Crippen molar-refractivity contribution in [2.75, 3.05) is 12.3 Å². The van der Waals surface area contributed by atoms with Gasteiger partial charge in [-0.1, -0.05) is 48.0 Å². The molecule has 0 radical (unpaired) electrons. The summed E-state index contributed by atoms with van der Waals surface area (Å²) in [6.07, 6.45) is 0. The Hall–Kier alpha value is -1.50. The van der Waals surface area contributed by atoms with E-state index < -0.39 is 20.8 Å². The Labute approximate surface area is 134 Å². The molecule has 118 valence electrons. The molecule has 0 unspecified atom stereocenters. The highest BCUT2D eigenvalue weighted by Gasteiger charge is 2.12. The average Bonchev–Trinajstić information content (AvgIpc) is 2.47. The van der Waals surface area contributed by atoms with Crippen LogP contribution in [0.15, 0.2) is 59.5 Å². The van der Waals surface area contributed by atoms with E-state index >= 15 is 0 Å². The zero-order chi connectivity index (χ0) is 16.0. The Kier molecular flexibility index (Phi) is 5.88. The maximum absolute atomic E-state index is 12.0. The molecule has 0 saturated carbocycles. The van der Waals surface area contributed by atoms with E-state index in [1.165, 1.54) is 0 Å². The quantitative estimate of drug-likeness (QED) is 0.843. The third kappa shape index (κ3) is 5.36. The Bertz CT molecular complexity index is 743. The summed E-state index contributed by atoms with van der Waals surface area (Å²) in [5.41, 5.74) is 1.77. The van der Waals surface area contributed by atoms with Crippen LogP contribution in [0.3, 0.4) is 0 Å². The Morgan fingerprint density at radius 2 is 1.77 bits per heavy atom. The Morgan fingerprint density at radius 1 is 1.05 bits per heavy atom. The number of sulfonamides is 1. The van der Waals surface area contributed by atoms with Crippen molar-refractivity contribution in [1.29, 1.82) is 0 Å². The fourth-order valence-electron chi connectivity index (χ4n) is 2.05. The molecule has 0 fully saturated rings. The molecule has 1 atom stereocenters. The predicted molar refractivity (Wildman–Crippen MR) is 89.5 cm³/mol. The summed E-state index contributed by atoms with van der Waals surface area (Å²) < 4.78 is 38.6. The monoisotopic (exact) mass is 337 g/mol. The van der Waals surface area contributed by atoms with Gasteiger partial charge in [0.1, 0.15) is 0 Å². The smallest absolute Gasteiger partial charge is 0.215 e. The van der Waals surface area contributed by atoms with Gasteiger partial charge >= 0.3 is 0 Å². The lowest BCUT2D eigenvalue weighted by Gasteiger charge is -2.07. The fraction of sp³-hybridized carbons (Fsp3) is 0.250. The molecule has 0 amide bonds. The normalized spacial score (nSPS) is 13.0. The van der Waals surface area contributed by atoms with Gasteiger partial charge < -0.3 is 0 Å². The third-order valence-electron chi connectivity index (χ3n) is 3.05. The van der Waals surface area contributed by atoms with Crippen LogP contribution in [-0.2, 0) is 26.6 Å². The van der Waals surface area contributed by atoms with E-state index in [1.807, 2.05) is 43.3 Å². The number of hydrogen-bond donors (Lipinski definition) is 1. The van der Waals surface area contributed by atoms with Crippen LogP contribution in [0.5, 0.6) is 0 Å².